The zero-order chi connectivity index (χ0) is 18.0. The summed E-state index contributed by atoms with van der Waals surface area (Å²) in [4.78, 5) is 38.3. The van der Waals surface area contributed by atoms with Gasteiger partial charge in [0.05, 0.1) is 23.8 Å². The number of carbonyl (C=O) groups is 3. The minimum atomic E-state index is -0.620. The van der Waals surface area contributed by atoms with Gasteiger partial charge in [0, 0.05) is 11.9 Å². The van der Waals surface area contributed by atoms with Crippen LogP contribution in [0.3, 0.4) is 0 Å². The molecule has 0 aliphatic carbocycles. The van der Waals surface area contributed by atoms with E-state index in [1.54, 1.807) is 12.1 Å². The lowest BCUT2D eigenvalue weighted by Crippen LogP contribution is -2.32. The van der Waals surface area contributed by atoms with Gasteiger partial charge in [0.1, 0.15) is 0 Å². The van der Waals surface area contributed by atoms with E-state index in [9.17, 15) is 14.4 Å². The van der Waals surface area contributed by atoms with Crippen LogP contribution in [-0.4, -0.2) is 36.3 Å². The third-order valence-corrected chi connectivity index (χ3v) is 4.85. The largest absolute Gasteiger partial charge is 0.465 e. The molecule has 1 aliphatic heterocycles. The quantitative estimate of drug-likeness (QED) is 0.438. The molecule has 5 nitrogen and oxygen atoms in total. The lowest BCUT2D eigenvalue weighted by molar-refractivity contribution is 0.0586. The van der Waals surface area contributed by atoms with E-state index in [0.29, 0.717) is 6.42 Å². The Morgan fingerprint density at radius 3 is 2.36 bits per heavy atom. The van der Waals surface area contributed by atoms with Crippen molar-refractivity contribution < 1.29 is 19.1 Å². The third kappa shape index (κ3) is 3.22. The summed E-state index contributed by atoms with van der Waals surface area (Å²) in [6.45, 7) is 0.265. The summed E-state index contributed by atoms with van der Waals surface area (Å²) in [7, 11) is 1.25. The molecule has 25 heavy (non-hydrogen) atoms. The average molecular weight is 402 g/mol. The summed E-state index contributed by atoms with van der Waals surface area (Å²) >= 11 is 3.40. The van der Waals surface area contributed by atoms with Crippen LogP contribution >= 0.6 is 15.9 Å². The first-order chi connectivity index (χ1) is 12.1. The van der Waals surface area contributed by atoms with E-state index in [0.717, 1.165) is 16.5 Å². The lowest BCUT2D eigenvalue weighted by Gasteiger charge is -2.14. The highest BCUT2D eigenvalue weighted by Gasteiger charge is 2.38. The van der Waals surface area contributed by atoms with Gasteiger partial charge in [-0.2, -0.15) is 0 Å². The van der Waals surface area contributed by atoms with Crippen molar-refractivity contribution in [1.82, 2.24) is 4.90 Å². The Balaban J connectivity index is 1.81. The molecule has 2 amide bonds. The van der Waals surface area contributed by atoms with Crippen molar-refractivity contribution >= 4 is 33.7 Å². The van der Waals surface area contributed by atoms with Crippen LogP contribution in [0, 0.1) is 0 Å². The molecule has 6 heteroatoms. The van der Waals surface area contributed by atoms with E-state index in [-0.39, 0.29) is 29.1 Å². The van der Waals surface area contributed by atoms with Gasteiger partial charge in [-0.15, -0.1) is 0 Å². The first kappa shape index (κ1) is 17.4. The molecule has 0 N–H and O–H groups in total. The van der Waals surface area contributed by atoms with E-state index >= 15 is 0 Å². The van der Waals surface area contributed by atoms with Crippen LogP contribution in [0.2, 0.25) is 0 Å². The zero-order valence-corrected chi connectivity index (χ0v) is 15.2. The first-order valence-corrected chi connectivity index (χ1v) is 8.90. The molecule has 2 aromatic rings. The maximum atomic E-state index is 12.7. The predicted octanol–water partition coefficient (Wildman–Crippen LogP) is 3.21. The third-order valence-electron chi connectivity index (χ3n) is 4.21. The van der Waals surface area contributed by atoms with E-state index in [4.69, 9.17) is 4.74 Å². The van der Waals surface area contributed by atoms with Crippen molar-refractivity contribution in [2.24, 2.45) is 0 Å². The molecule has 0 fully saturated rings. The number of amides is 2. The Morgan fingerprint density at radius 1 is 1.04 bits per heavy atom. The van der Waals surface area contributed by atoms with Crippen molar-refractivity contribution in [1.29, 1.82) is 0 Å². The smallest absolute Gasteiger partial charge is 0.338 e. The number of nitrogens with zero attached hydrogens (tertiary/aromatic N) is 1. The molecule has 3 rings (SSSR count). The summed E-state index contributed by atoms with van der Waals surface area (Å²) in [5, 5.41) is 0.780. The Labute approximate surface area is 153 Å². The number of halogens is 1. The van der Waals surface area contributed by atoms with Crippen molar-refractivity contribution in [3.8, 4) is 0 Å². The van der Waals surface area contributed by atoms with Gasteiger partial charge in [0.2, 0.25) is 0 Å². The number of carbonyl (C=O) groups excluding carboxylic acids is 3. The highest BCUT2D eigenvalue weighted by atomic mass is 79.9. The highest BCUT2D eigenvalue weighted by molar-refractivity contribution is 9.08. The molecular formula is C19H16BrNO4. The number of esters is 1. The van der Waals surface area contributed by atoms with Crippen LogP contribution < -0.4 is 0 Å². The molecule has 0 saturated carbocycles. The van der Waals surface area contributed by atoms with Crippen molar-refractivity contribution in [2.75, 3.05) is 13.7 Å². The lowest BCUT2D eigenvalue weighted by atomic mass is 10.0. The Morgan fingerprint density at radius 2 is 1.72 bits per heavy atom. The minimum absolute atomic E-state index is 0.127. The van der Waals surface area contributed by atoms with Crippen LogP contribution in [0.15, 0.2) is 42.5 Å². The van der Waals surface area contributed by atoms with Crippen LogP contribution in [0.25, 0.3) is 0 Å². The number of hydrogen-bond donors (Lipinski definition) is 0. The van der Waals surface area contributed by atoms with Gasteiger partial charge in [-0.25, -0.2) is 4.79 Å². The topological polar surface area (TPSA) is 63.7 Å². The molecular weight excluding hydrogens is 386 g/mol. The van der Waals surface area contributed by atoms with Gasteiger partial charge in [-0.1, -0.05) is 46.3 Å². The monoisotopic (exact) mass is 401 g/mol. The van der Waals surface area contributed by atoms with Crippen LogP contribution in [0.1, 0.15) is 42.2 Å². The fraction of sp³-hybridized carbons (Fsp3) is 0.211. The molecule has 1 heterocycles. The molecule has 0 spiro atoms. The maximum absolute atomic E-state index is 12.7. The van der Waals surface area contributed by atoms with Crippen molar-refractivity contribution in [3.63, 3.8) is 0 Å². The van der Waals surface area contributed by atoms with Crippen molar-refractivity contribution in [2.45, 2.75) is 11.8 Å². The molecule has 0 unspecified atom stereocenters. The second-order valence-electron chi connectivity index (χ2n) is 5.68. The fourth-order valence-corrected chi connectivity index (χ4v) is 3.23. The van der Waals surface area contributed by atoms with Gasteiger partial charge < -0.3 is 4.74 Å². The second-order valence-corrected chi connectivity index (χ2v) is 6.24. The standard InChI is InChI=1S/C19H16BrNO4/c1-25-19(24)15-4-2-3-14-16(15)18(23)21(17(14)22)10-9-12-5-7-13(11-20)8-6-12/h2-8H,9-11H2,1H3. The number of methoxy groups -OCH3 is 1. The molecule has 128 valence electrons. The highest BCUT2D eigenvalue weighted by Crippen LogP contribution is 2.27. The summed E-state index contributed by atoms with van der Waals surface area (Å²) in [5.74, 6) is -1.44. The number of hydrogen-bond acceptors (Lipinski definition) is 4. The normalized spacial score (nSPS) is 13.1. The second kappa shape index (κ2) is 7.19. The number of benzene rings is 2. The SMILES string of the molecule is COC(=O)c1cccc2c1C(=O)N(CCc1ccc(CBr)cc1)C2=O. The number of ether oxygens (including phenoxy) is 1. The summed E-state index contributed by atoms with van der Waals surface area (Å²) < 4.78 is 4.71. The number of imide groups is 1. The maximum Gasteiger partial charge on any atom is 0.338 e. The molecule has 1 aliphatic rings. The molecule has 0 aromatic heterocycles. The van der Waals surface area contributed by atoms with Gasteiger partial charge in [0.15, 0.2) is 0 Å². The fourth-order valence-electron chi connectivity index (χ4n) is 2.85. The Bertz CT molecular complexity index is 845. The van der Waals surface area contributed by atoms with Gasteiger partial charge in [-0.3, -0.25) is 14.5 Å². The summed E-state index contributed by atoms with van der Waals surface area (Å²) in [5.41, 5.74) is 2.71. The molecule has 0 atom stereocenters. The van der Waals surface area contributed by atoms with E-state index < -0.39 is 11.9 Å². The van der Waals surface area contributed by atoms with E-state index in [1.807, 2.05) is 24.3 Å². The molecule has 0 bridgehead atoms. The Kier molecular flexibility index (Phi) is 4.99. The number of rotatable bonds is 5. The van der Waals surface area contributed by atoms with Gasteiger partial charge >= 0.3 is 5.97 Å². The summed E-state index contributed by atoms with van der Waals surface area (Å²) in [6, 6.07) is 12.6. The van der Waals surface area contributed by atoms with E-state index in [1.165, 1.54) is 18.1 Å². The average Bonchev–Trinajstić information content (AvgIpc) is 2.90. The number of alkyl halides is 1. The minimum Gasteiger partial charge on any atom is -0.465 e. The first-order valence-electron chi connectivity index (χ1n) is 7.78. The predicted molar refractivity (Wildman–Crippen MR) is 95.9 cm³/mol. The van der Waals surface area contributed by atoms with Crippen LogP contribution in [0.4, 0.5) is 0 Å². The van der Waals surface area contributed by atoms with Gasteiger partial charge in [-0.05, 0) is 29.7 Å². The summed E-state index contributed by atoms with van der Waals surface area (Å²) in [6.07, 6.45) is 0.557. The Hall–Kier alpha value is -2.47. The molecule has 0 radical (unpaired) electrons. The van der Waals surface area contributed by atoms with Crippen LogP contribution in [-0.2, 0) is 16.5 Å². The van der Waals surface area contributed by atoms with Gasteiger partial charge in [0.25, 0.3) is 11.8 Å². The molecule has 2 aromatic carbocycles. The zero-order valence-electron chi connectivity index (χ0n) is 13.6. The van der Waals surface area contributed by atoms with Crippen LogP contribution in [0.5, 0.6) is 0 Å². The van der Waals surface area contributed by atoms with E-state index in [2.05, 4.69) is 15.9 Å². The van der Waals surface area contributed by atoms with Crippen molar-refractivity contribution in [3.05, 3.63) is 70.3 Å². The molecule has 0 saturated heterocycles. The number of fused-ring (bicyclic) bond motifs is 1.